The minimum absolute atomic E-state index is 0.122. The number of amides is 1. The van der Waals surface area contributed by atoms with Crippen molar-refractivity contribution in [2.75, 3.05) is 52.1 Å². The third-order valence-electron chi connectivity index (χ3n) is 4.97. The van der Waals surface area contributed by atoms with Crippen molar-refractivity contribution < 1.29 is 14.3 Å². The molecular weight excluding hydrogens is 442 g/mol. The van der Waals surface area contributed by atoms with Gasteiger partial charge in [0.15, 0.2) is 5.13 Å². The minimum Gasteiger partial charge on any atom is -0.497 e. The van der Waals surface area contributed by atoms with E-state index < -0.39 is 0 Å². The third-order valence-corrected chi connectivity index (χ3v) is 7.11. The molecule has 0 aliphatic heterocycles. The summed E-state index contributed by atoms with van der Waals surface area (Å²) in [6.45, 7) is 1.58. The van der Waals surface area contributed by atoms with Gasteiger partial charge in [0.1, 0.15) is 17.0 Å². The van der Waals surface area contributed by atoms with E-state index in [0.717, 1.165) is 52.0 Å². The topological polar surface area (TPSA) is 54.9 Å². The Morgan fingerprint density at radius 2 is 1.81 bits per heavy atom. The Hall–Kier alpha value is -2.29. The molecule has 172 valence electrons. The highest BCUT2D eigenvalue weighted by atomic mass is 32.2. The molecule has 32 heavy (non-hydrogen) atoms. The van der Waals surface area contributed by atoms with E-state index in [1.54, 1.807) is 37.3 Å². The van der Waals surface area contributed by atoms with E-state index in [1.807, 2.05) is 61.5 Å². The fourth-order valence-corrected chi connectivity index (χ4v) is 5.16. The van der Waals surface area contributed by atoms with Gasteiger partial charge in [0.2, 0.25) is 5.91 Å². The first-order chi connectivity index (χ1) is 15.5. The number of thiazole rings is 1. The van der Waals surface area contributed by atoms with Crippen LogP contribution in [0, 0.1) is 0 Å². The molecule has 1 aromatic heterocycles. The predicted octanol–water partition coefficient (Wildman–Crippen LogP) is 5.17. The van der Waals surface area contributed by atoms with Gasteiger partial charge >= 0.3 is 0 Å². The van der Waals surface area contributed by atoms with Crippen molar-refractivity contribution in [2.45, 2.75) is 24.2 Å². The second-order valence-electron chi connectivity index (χ2n) is 7.63. The molecule has 3 rings (SSSR count). The van der Waals surface area contributed by atoms with Gasteiger partial charge in [0.25, 0.3) is 0 Å². The second kappa shape index (κ2) is 12.1. The Morgan fingerprint density at radius 3 is 2.50 bits per heavy atom. The van der Waals surface area contributed by atoms with Crippen LogP contribution in [0.3, 0.4) is 0 Å². The van der Waals surface area contributed by atoms with Gasteiger partial charge in [-0.15, -0.1) is 11.8 Å². The molecule has 0 spiro atoms. The summed E-state index contributed by atoms with van der Waals surface area (Å²) in [5.41, 5.74) is 0.815. The van der Waals surface area contributed by atoms with Crippen molar-refractivity contribution in [2.24, 2.45) is 0 Å². The minimum atomic E-state index is 0.122. The molecule has 0 saturated carbocycles. The Balaban J connectivity index is 1.64. The van der Waals surface area contributed by atoms with Crippen LogP contribution in [-0.2, 0) is 4.79 Å². The Bertz CT molecular complexity index is 1010. The number of nitrogens with zero attached hydrogens (tertiary/aromatic N) is 3. The molecule has 1 amide bonds. The van der Waals surface area contributed by atoms with Crippen LogP contribution in [0.15, 0.2) is 47.4 Å². The SMILES string of the molecule is COc1ccc(SCCCC(=O)N(CCCN(C)C)c2nc3c(OC)cccc3s2)cc1. The average Bonchev–Trinajstić information content (AvgIpc) is 3.23. The van der Waals surface area contributed by atoms with Crippen LogP contribution in [0.4, 0.5) is 5.13 Å². The zero-order valence-electron chi connectivity index (χ0n) is 19.2. The number of ether oxygens (including phenoxy) is 2. The molecule has 6 nitrogen and oxygen atoms in total. The van der Waals surface area contributed by atoms with Crippen LogP contribution in [0.25, 0.3) is 10.2 Å². The summed E-state index contributed by atoms with van der Waals surface area (Å²) in [5.74, 6) is 2.60. The molecule has 0 saturated heterocycles. The van der Waals surface area contributed by atoms with E-state index in [9.17, 15) is 4.79 Å². The summed E-state index contributed by atoms with van der Waals surface area (Å²) in [5, 5.41) is 0.746. The number of anilines is 1. The first-order valence-electron chi connectivity index (χ1n) is 10.7. The monoisotopic (exact) mass is 473 g/mol. The molecule has 0 bridgehead atoms. The van der Waals surface area contributed by atoms with Crippen LogP contribution >= 0.6 is 23.1 Å². The Morgan fingerprint density at radius 1 is 1.03 bits per heavy atom. The summed E-state index contributed by atoms with van der Waals surface area (Å²) < 4.78 is 11.7. The highest BCUT2D eigenvalue weighted by Crippen LogP contribution is 2.34. The van der Waals surface area contributed by atoms with Crippen LogP contribution < -0.4 is 14.4 Å². The van der Waals surface area contributed by atoms with E-state index in [1.165, 1.54) is 4.90 Å². The highest BCUT2D eigenvalue weighted by Gasteiger charge is 2.20. The maximum atomic E-state index is 13.2. The molecule has 0 aliphatic rings. The first kappa shape index (κ1) is 24.4. The molecule has 0 atom stereocenters. The molecule has 0 N–H and O–H groups in total. The van der Waals surface area contributed by atoms with Crippen molar-refractivity contribution in [3.63, 3.8) is 0 Å². The van der Waals surface area contributed by atoms with Crippen molar-refractivity contribution in [1.82, 2.24) is 9.88 Å². The molecule has 3 aromatic rings. The number of carbonyl (C=O) groups is 1. The summed E-state index contributed by atoms with van der Waals surface area (Å²) >= 11 is 3.30. The lowest BCUT2D eigenvalue weighted by molar-refractivity contribution is -0.118. The lowest BCUT2D eigenvalue weighted by atomic mass is 10.3. The van der Waals surface area contributed by atoms with E-state index in [4.69, 9.17) is 14.5 Å². The zero-order valence-corrected chi connectivity index (χ0v) is 20.8. The molecular formula is C24H31N3O3S2. The lowest BCUT2D eigenvalue weighted by Crippen LogP contribution is -2.33. The van der Waals surface area contributed by atoms with Crippen LogP contribution in [0.1, 0.15) is 19.3 Å². The highest BCUT2D eigenvalue weighted by molar-refractivity contribution is 7.99. The summed E-state index contributed by atoms with van der Waals surface area (Å²) in [4.78, 5) is 23.1. The quantitative estimate of drug-likeness (QED) is 0.267. The maximum Gasteiger partial charge on any atom is 0.228 e. The number of hydrogen-bond acceptors (Lipinski definition) is 7. The Kier molecular flexibility index (Phi) is 9.20. The van der Waals surface area contributed by atoms with Gasteiger partial charge in [-0.25, -0.2) is 4.98 Å². The van der Waals surface area contributed by atoms with Gasteiger partial charge in [0.05, 0.1) is 18.9 Å². The molecule has 2 aromatic carbocycles. The first-order valence-corrected chi connectivity index (χ1v) is 12.5. The number of hydrogen-bond donors (Lipinski definition) is 0. The molecule has 0 aliphatic carbocycles. The van der Waals surface area contributed by atoms with E-state index in [2.05, 4.69) is 4.90 Å². The molecule has 0 radical (unpaired) electrons. The fourth-order valence-electron chi connectivity index (χ4n) is 3.28. The van der Waals surface area contributed by atoms with Gasteiger partial charge in [-0.1, -0.05) is 17.4 Å². The number of fused-ring (bicyclic) bond motifs is 1. The number of methoxy groups -OCH3 is 2. The number of thioether (sulfide) groups is 1. The summed E-state index contributed by atoms with van der Waals surface area (Å²) in [6, 6.07) is 13.9. The standard InChI is InChI=1S/C24H31N3O3S2/c1-26(2)15-7-16-27(24-25-23-20(30-4)8-5-9-21(23)32-24)22(28)10-6-17-31-19-13-11-18(29-3)12-14-19/h5,8-9,11-14H,6-7,10,15-17H2,1-4H3. The fraction of sp³-hybridized carbons (Fsp3) is 0.417. The number of benzene rings is 2. The smallest absolute Gasteiger partial charge is 0.228 e. The zero-order chi connectivity index (χ0) is 22.9. The number of rotatable bonds is 12. The molecule has 0 unspecified atom stereocenters. The Labute approximate surface area is 198 Å². The van der Waals surface area contributed by atoms with Crippen LogP contribution in [0.5, 0.6) is 11.5 Å². The van der Waals surface area contributed by atoms with Crippen LogP contribution in [-0.4, -0.2) is 62.9 Å². The van der Waals surface area contributed by atoms with Crippen molar-refractivity contribution in [3.05, 3.63) is 42.5 Å². The summed E-state index contributed by atoms with van der Waals surface area (Å²) in [6.07, 6.45) is 2.21. The van der Waals surface area contributed by atoms with Gasteiger partial charge in [-0.3, -0.25) is 9.69 Å². The maximum absolute atomic E-state index is 13.2. The van der Waals surface area contributed by atoms with Gasteiger partial charge < -0.3 is 14.4 Å². The third kappa shape index (κ3) is 6.60. The van der Waals surface area contributed by atoms with Gasteiger partial charge in [-0.05, 0) is 75.6 Å². The van der Waals surface area contributed by atoms with Crippen molar-refractivity contribution >= 4 is 44.4 Å². The largest absolute Gasteiger partial charge is 0.497 e. The van der Waals surface area contributed by atoms with Crippen LogP contribution in [0.2, 0.25) is 0 Å². The van der Waals surface area contributed by atoms with Gasteiger partial charge in [-0.2, -0.15) is 0 Å². The summed E-state index contributed by atoms with van der Waals surface area (Å²) in [7, 11) is 7.41. The van der Waals surface area contributed by atoms with Crippen molar-refractivity contribution in [3.8, 4) is 11.5 Å². The normalized spacial score (nSPS) is 11.2. The second-order valence-corrected chi connectivity index (χ2v) is 9.81. The van der Waals surface area contributed by atoms with Crippen molar-refractivity contribution in [1.29, 1.82) is 0 Å². The molecule has 8 heteroatoms. The van der Waals surface area contributed by atoms with E-state index in [-0.39, 0.29) is 5.91 Å². The van der Waals surface area contributed by atoms with E-state index >= 15 is 0 Å². The lowest BCUT2D eigenvalue weighted by Gasteiger charge is -2.21. The van der Waals surface area contributed by atoms with E-state index in [0.29, 0.717) is 13.0 Å². The average molecular weight is 474 g/mol. The number of carbonyl (C=O) groups excluding carboxylic acids is 1. The molecule has 1 heterocycles. The van der Waals surface area contributed by atoms with Gasteiger partial charge in [0, 0.05) is 17.9 Å². The molecule has 0 fully saturated rings. The number of aromatic nitrogens is 1. The number of para-hydroxylation sites is 1. The predicted molar refractivity (Wildman–Crippen MR) is 135 cm³/mol.